The Morgan fingerprint density at radius 1 is 1.38 bits per heavy atom. The minimum Gasteiger partial charge on any atom is -0.459 e. The van der Waals surface area contributed by atoms with Gasteiger partial charge in [0.2, 0.25) is 0 Å². The summed E-state index contributed by atoms with van der Waals surface area (Å²) in [5.74, 6) is -0.261. The minimum absolute atomic E-state index is 0.0477. The molecule has 0 aromatic carbocycles. The van der Waals surface area contributed by atoms with Crippen LogP contribution in [0.1, 0.15) is 60.3 Å². The number of ether oxygens (including phenoxy) is 1. The Balaban J connectivity index is 3.93. The lowest BCUT2D eigenvalue weighted by Crippen LogP contribution is -2.18. The van der Waals surface area contributed by atoms with Crippen LogP contribution in [0.4, 0.5) is 0 Å². The number of rotatable bonds is 6. The van der Waals surface area contributed by atoms with Gasteiger partial charge in [0.1, 0.15) is 6.10 Å². The Morgan fingerprint density at radius 3 is 2.31 bits per heavy atom. The maximum Gasteiger partial charge on any atom is 0.333 e. The van der Waals surface area contributed by atoms with Gasteiger partial charge in [0, 0.05) is 5.57 Å². The van der Waals surface area contributed by atoms with Crippen molar-refractivity contribution in [3.63, 3.8) is 0 Å². The van der Waals surface area contributed by atoms with Gasteiger partial charge in [0.15, 0.2) is 0 Å². The molecule has 0 aliphatic heterocycles. The molecule has 2 heteroatoms. The molecule has 2 nitrogen and oxygen atoms in total. The van der Waals surface area contributed by atoms with E-state index in [0.29, 0.717) is 11.0 Å². The van der Waals surface area contributed by atoms with Crippen molar-refractivity contribution in [1.82, 2.24) is 0 Å². The molecule has 0 spiro atoms. The second-order valence-electron chi connectivity index (χ2n) is 5.67. The third-order valence-electron chi connectivity index (χ3n) is 2.53. The lowest BCUT2D eigenvalue weighted by Gasteiger charge is -2.20. The summed E-state index contributed by atoms with van der Waals surface area (Å²) in [5.41, 5.74) is 0.839. The molecule has 0 bridgehead atoms. The van der Waals surface area contributed by atoms with Gasteiger partial charge in [-0.2, -0.15) is 0 Å². The first kappa shape index (κ1) is 15.2. The highest BCUT2D eigenvalue weighted by Gasteiger charge is 2.15. The number of esters is 1. The Bertz CT molecular complexity index is 236. The van der Waals surface area contributed by atoms with Crippen molar-refractivity contribution in [2.45, 2.75) is 66.4 Å². The molecule has 94 valence electrons. The van der Waals surface area contributed by atoms with E-state index in [-0.39, 0.29) is 12.1 Å². The maximum atomic E-state index is 11.4. The summed E-state index contributed by atoms with van der Waals surface area (Å²) in [7, 11) is 0. The van der Waals surface area contributed by atoms with Gasteiger partial charge in [-0.05, 0) is 38.0 Å². The molecule has 1 atom stereocenters. The molecule has 0 heterocycles. The molecule has 0 aliphatic rings. The van der Waals surface area contributed by atoms with Gasteiger partial charge in [0.05, 0.1) is 0 Å². The lowest BCUT2D eigenvalue weighted by atomic mass is 9.89. The molecular weight excluding hydrogens is 200 g/mol. The quantitative estimate of drug-likeness (QED) is 0.503. The van der Waals surface area contributed by atoms with Gasteiger partial charge < -0.3 is 4.74 Å². The molecule has 0 aromatic heterocycles. The fourth-order valence-corrected chi connectivity index (χ4v) is 1.46. The van der Waals surface area contributed by atoms with Crippen LogP contribution in [0.2, 0.25) is 0 Å². The van der Waals surface area contributed by atoms with Crippen molar-refractivity contribution >= 4 is 5.97 Å². The molecule has 0 aromatic rings. The molecule has 0 saturated heterocycles. The molecule has 0 amide bonds. The molecule has 1 unspecified atom stereocenters. The average molecular weight is 226 g/mol. The van der Waals surface area contributed by atoms with Crippen LogP contribution in [-0.4, -0.2) is 12.1 Å². The summed E-state index contributed by atoms with van der Waals surface area (Å²) < 4.78 is 5.34. The molecule has 0 rings (SSSR count). The van der Waals surface area contributed by atoms with Crippen LogP contribution in [0.15, 0.2) is 12.2 Å². The summed E-state index contributed by atoms with van der Waals surface area (Å²) in [4.78, 5) is 11.4. The predicted molar refractivity (Wildman–Crippen MR) is 68.3 cm³/mol. The van der Waals surface area contributed by atoms with Crippen molar-refractivity contribution in [1.29, 1.82) is 0 Å². The second-order valence-corrected chi connectivity index (χ2v) is 5.67. The Labute approximate surface area is 100 Å². The Hall–Kier alpha value is -0.790. The zero-order chi connectivity index (χ0) is 12.8. The monoisotopic (exact) mass is 226 g/mol. The first-order valence-corrected chi connectivity index (χ1v) is 6.12. The van der Waals surface area contributed by atoms with Crippen LogP contribution >= 0.6 is 0 Å². The predicted octanol–water partition coefficient (Wildman–Crippen LogP) is 4.10. The van der Waals surface area contributed by atoms with Crippen LogP contribution < -0.4 is 0 Å². The Morgan fingerprint density at radius 2 is 1.94 bits per heavy atom. The van der Waals surface area contributed by atoms with E-state index in [4.69, 9.17) is 4.74 Å². The summed E-state index contributed by atoms with van der Waals surface area (Å²) in [5, 5.41) is 0. The van der Waals surface area contributed by atoms with E-state index >= 15 is 0 Å². The first-order valence-electron chi connectivity index (χ1n) is 6.12. The minimum atomic E-state index is -0.261. The second kappa shape index (κ2) is 6.72. The van der Waals surface area contributed by atoms with Crippen molar-refractivity contribution in [2.24, 2.45) is 5.41 Å². The lowest BCUT2D eigenvalue weighted by molar-refractivity contribution is -0.144. The highest BCUT2D eigenvalue weighted by Crippen LogP contribution is 2.23. The fraction of sp³-hybridized carbons (Fsp3) is 0.786. The summed E-state index contributed by atoms with van der Waals surface area (Å²) in [6, 6.07) is 0. The molecule has 0 aliphatic carbocycles. The topological polar surface area (TPSA) is 26.3 Å². The number of hydrogen-bond donors (Lipinski definition) is 0. The highest BCUT2D eigenvalue weighted by atomic mass is 16.5. The zero-order valence-electron chi connectivity index (χ0n) is 11.4. The number of carbonyl (C=O) groups excluding carboxylic acids is 1. The Kier molecular flexibility index (Phi) is 6.39. The van der Waals surface area contributed by atoms with Gasteiger partial charge in [-0.15, -0.1) is 0 Å². The van der Waals surface area contributed by atoms with E-state index in [1.807, 2.05) is 6.92 Å². The van der Waals surface area contributed by atoms with E-state index in [9.17, 15) is 4.79 Å². The molecule has 0 fully saturated rings. The van der Waals surface area contributed by atoms with E-state index in [2.05, 4.69) is 27.4 Å². The van der Waals surface area contributed by atoms with Gasteiger partial charge in [0.25, 0.3) is 0 Å². The maximum absolute atomic E-state index is 11.4. The highest BCUT2D eigenvalue weighted by molar-refractivity contribution is 5.87. The van der Waals surface area contributed by atoms with Crippen LogP contribution in [0.3, 0.4) is 0 Å². The van der Waals surface area contributed by atoms with E-state index in [1.165, 1.54) is 0 Å². The molecule has 0 N–H and O–H groups in total. The standard InChI is InChI=1S/C14H26O2/c1-7-12(16-13(15)11(2)3)9-8-10-14(4,5)6/h12H,2,7-10H2,1,3-6H3. The molecule has 0 radical (unpaired) electrons. The van der Waals surface area contributed by atoms with Gasteiger partial charge in [-0.3, -0.25) is 0 Å². The van der Waals surface area contributed by atoms with Gasteiger partial charge in [-0.1, -0.05) is 34.3 Å². The smallest absolute Gasteiger partial charge is 0.333 e. The zero-order valence-corrected chi connectivity index (χ0v) is 11.4. The van der Waals surface area contributed by atoms with Crippen LogP contribution in [0.5, 0.6) is 0 Å². The van der Waals surface area contributed by atoms with Crippen LogP contribution in [0, 0.1) is 5.41 Å². The molecule has 16 heavy (non-hydrogen) atoms. The largest absolute Gasteiger partial charge is 0.459 e. The van der Waals surface area contributed by atoms with Crippen molar-refractivity contribution < 1.29 is 9.53 Å². The molecular formula is C14H26O2. The average Bonchev–Trinajstić information content (AvgIpc) is 2.13. The SMILES string of the molecule is C=C(C)C(=O)OC(CC)CCCC(C)(C)C. The van der Waals surface area contributed by atoms with Gasteiger partial charge >= 0.3 is 5.97 Å². The van der Waals surface area contributed by atoms with E-state index in [1.54, 1.807) is 6.92 Å². The first-order chi connectivity index (χ1) is 7.26. The van der Waals surface area contributed by atoms with Crippen molar-refractivity contribution in [3.8, 4) is 0 Å². The normalized spacial score (nSPS) is 13.3. The third kappa shape index (κ3) is 7.49. The van der Waals surface area contributed by atoms with Crippen LogP contribution in [0.25, 0.3) is 0 Å². The van der Waals surface area contributed by atoms with Crippen molar-refractivity contribution in [2.75, 3.05) is 0 Å². The van der Waals surface area contributed by atoms with Crippen LogP contribution in [-0.2, 0) is 9.53 Å². The fourth-order valence-electron chi connectivity index (χ4n) is 1.46. The number of hydrogen-bond acceptors (Lipinski definition) is 2. The number of carbonyl (C=O) groups is 1. The van der Waals surface area contributed by atoms with E-state index in [0.717, 1.165) is 25.7 Å². The summed E-state index contributed by atoms with van der Waals surface area (Å²) in [6.45, 7) is 14.0. The summed E-state index contributed by atoms with van der Waals surface area (Å²) in [6.07, 6.45) is 4.14. The van der Waals surface area contributed by atoms with E-state index < -0.39 is 0 Å². The van der Waals surface area contributed by atoms with Crippen molar-refractivity contribution in [3.05, 3.63) is 12.2 Å². The molecule has 0 saturated carbocycles. The van der Waals surface area contributed by atoms with Gasteiger partial charge in [-0.25, -0.2) is 4.79 Å². The third-order valence-corrected chi connectivity index (χ3v) is 2.53. The summed E-state index contributed by atoms with van der Waals surface area (Å²) >= 11 is 0.